The number of nitrogens with zero attached hydrogens (tertiary/aromatic N) is 2. The van der Waals surface area contributed by atoms with Gasteiger partial charge in [0.15, 0.2) is 0 Å². The van der Waals surface area contributed by atoms with Gasteiger partial charge in [-0.2, -0.15) is 4.31 Å². The van der Waals surface area contributed by atoms with Crippen LogP contribution in [0.3, 0.4) is 0 Å². The van der Waals surface area contributed by atoms with Crippen LogP contribution in [0, 0.1) is 12.8 Å². The van der Waals surface area contributed by atoms with Crippen molar-refractivity contribution < 1.29 is 23.1 Å². The van der Waals surface area contributed by atoms with E-state index in [1.165, 1.54) is 34.6 Å². The highest BCUT2D eigenvalue weighted by atomic mass is 32.2. The lowest BCUT2D eigenvalue weighted by molar-refractivity contribution is 0.0995. The summed E-state index contributed by atoms with van der Waals surface area (Å²) in [6, 6.07) is 12.7. The van der Waals surface area contributed by atoms with Crippen molar-refractivity contribution in [3.8, 4) is 11.1 Å². The van der Waals surface area contributed by atoms with E-state index in [0.717, 1.165) is 5.56 Å². The van der Waals surface area contributed by atoms with Crippen molar-refractivity contribution in [1.29, 1.82) is 0 Å². The first-order valence-electron chi connectivity index (χ1n) is 11.6. The fraction of sp³-hybridized carbons (Fsp3) is 0.269. The first-order valence-corrected chi connectivity index (χ1v) is 13.0. The number of nitrogens with two attached hydrogens (primary N) is 1. The molecule has 1 aliphatic rings. The molecular formula is C26H28N4O5S. The number of primary amides is 1. The molecule has 36 heavy (non-hydrogen) atoms. The number of anilines is 1. The Kier molecular flexibility index (Phi) is 7.48. The summed E-state index contributed by atoms with van der Waals surface area (Å²) in [7, 11) is -3.79. The number of carbonyl (C=O) groups excluding carboxylic acids is 2. The molecule has 2 heterocycles. The van der Waals surface area contributed by atoms with Crippen LogP contribution in [-0.2, 0) is 10.0 Å². The maximum absolute atomic E-state index is 13.1. The number of hydrogen-bond donors (Lipinski definition) is 3. The van der Waals surface area contributed by atoms with Crippen molar-refractivity contribution in [1.82, 2.24) is 9.29 Å². The molecule has 0 radical (unpaired) electrons. The minimum atomic E-state index is -3.79. The summed E-state index contributed by atoms with van der Waals surface area (Å²) in [5.74, 6) is -1.06. The van der Waals surface area contributed by atoms with E-state index in [1.54, 1.807) is 31.5 Å². The Hall–Kier alpha value is -3.60. The molecule has 0 bridgehead atoms. The van der Waals surface area contributed by atoms with Crippen molar-refractivity contribution >= 4 is 27.5 Å². The molecule has 0 unspecified atom stereocenters. The predicted octanol–water partition coefficient (Wildman–Crippen LogP) is 2.80. The van der Waals surface area contributed by atoms with Crippen LogP contribution in [0.4, 0.5) is 5.69 Å². The second-order valence-electron chi connectivity index (χ2n) is 8.81. The first kappa shape index (κ1) is 25.5. The molecule has 1 aromatic heterocycles. The van der Waals surface area contributed by atoms with Crippen LogP contribution in [0.25, 0.3) is 11.1 Å². The largest absolute Gasteiger partial charge is 0.396 e. The van der Waals surface area contributed by atoms with Crippen molar-refractivity contribution in [2.45, 2.75) is 24.7 Å². The summed E-state index contributed by atoms with van der Waals surface area (Å²) < 4.78 is 27.7. The van der Waals surface area contributed by atoms with Gasteiger partial charge in [-0.3, -0.25) is 14.6 Å². The Morgan fingerprint density at radius 2 is 1.89 bits per heavy atom. The molecule has 0 saturated carbocycles. The Bertz CT molecular complexity index is 1380. The molecule has 0 spiro atoms. The average Bonchev–Trinajstić information content (AvgIpc) is 2.90. The Morgan fingerprint density at radius 3 is 2.53 bits per heavy atom. The first-order chi connectivity index (χ1) is 17.2. The van der Waals surface area contributed by atoms with E-state index in [1.807, 2.05) is 6.07 Å². The van der Waals surface area contributed by atoms with E-state index in [4.69, 9.17) is 5.73 Å². The molecule has 1 fully saturated rings. The normalized spacial score (nSPS) is 14.9. The lowest BCUT2D eigenvalue weighted by Gasteiger charge is -2.30. The van der Waals surface area contributed by atoms with Gasteiger partial charge < -0.3 is 16.2 Å². The fourth-order valence-electron chi connectivity index (χ4n) is 4.35. The van der Waals surface area contributed by atoms with Crippen LogP contribution in [-0.4, -0.2) is 54.3 Å². The zero-order valence-corrected chi connectivity index (χ0v) is 20.7. The lowest BCUT2D eigenvalue weighted by atomic mass is 9.96. The van der Waals surface area contributed by atoms with Gasteiger partial charge in [0.25, 0.3) is 5.91 Å². The monoisotopic (exact) mass is 508 g/mol. The minimum absolute atomic E-state index is 0.0235. The van der Waals surface area contributed by atoms with E-state index in [2.05, 4.69) is 10.3 Å². The Labute approximate surface area is 210 Å². The van der Waals surface area contributed by atoms with Crippen molar-refractivity contribution in [2.24, 2.45) is 11.7 Å². The van der Waals surface area contributed by atoms with Crippen LogP contribution in [0.15, 0.2) is 65.8 Å². The average molecular weight is 509 g/mol. The molecule has 0 aliphatic carbocycles. The number of pyridine rings is 1. The third-order valence-electron chi connectivity index (χ3n) is 6.47. The van der Waals surface area contributed by atoms with E-state index in [9.17, 15) is 23.1 Å². The van der Waals surface area contributed by atoms with Crippen LogP contribution in [0.5, 0.6) is 0 Å². The second kappa shape index (κ2) is 10.6. The highest BCUT2D eigenvalue weighted by Gasteiger charge is 2.29. The van der Waals surface area contributed by atoms with Gasteiger partial charge in [-0.05, 0) is 73.2 Å². The summed E-state index contributed by atoms with van der Waals surface area (Å²) in [5, 5.41) is 12.1. The number of hydrogen-bond acceptors (Lipinski definition) is 6. The summed E-state index contributed by atoms with van der Waals surface area (Å²) in [4.78, 5) is 29.3. The lowest BCUT2D eigenvalue weighted by Crippen LogP contribution is -2.39. The molecule has 3 aromatic rings. The Morgan fingerprint density at radius 1 is 1.14 bits per heavy atom. The minimum Gasteiger partial charge on any atom is -0.396 e. The van der Waals surface area contributed by atoms with Gasteiger partial charge in [-0.15, -0.1) is 0 Å². The fourth-order valence-corrected chi connectivity index (χ4v) is 5.86. The topological polar surface area (TPSA) is 143 Å². The summed E-state index contributed by atoms with van der Waals surface area (Å²) >= 11 is 0. The van der Waals surface area contributed by atoms with Crippen molar-refractivity contribution in [3.63, 3.8) is 0 Å². The molecule has 9 nitrogen and oxygen atoms in total. The second-order valence-corrected chi connectivity index (χ2v) is 10.8. The Balaban J connectivity index is 1.61. The highest BCUT2D eigenvalue weighted by Crippen LogP contribution is 2.30. The van der Waals surface area contributed by atoms with Crippen LogP contribution >= 0.6 is 0 Å². The van der Waals surface area contributed by atoms with Gasteiger partial charge in [0.05, 0.1) is 4.90 Å². The van der Waals surface area contributed by atoms with E-state index in [0.29, 0.717) is 42.7 Å². The molecule has 2 aromatic carbocycles. The smallest absolute Gasteiger partial charge is 0.255 e. The number of sulfonamides is 1. The maximum atomic E-state index is 13.1. The number of nitrogens with one attached hydrogen (secondary N) is 1. The molecule has 0 atom stereocenters. The number of aliphatic hydroxyl groups is 1. The molecule has 1 saturated heterocycles. The van der Waals surface area contributed by atoms with Gasteiger partial charge >= 0.3 is 0 Å². The summed E-state index contributed by atoms with van der Waals surface area (Å²) in [6.07, 6.45) is 4.46. The van der Waals surface area contributed by atoms with Gasteiger partial charge in [0.2, 0.25) is 15.9 Å². The van der Waals surface area contributed by atoms with Crippen LogP contribution in [0.2, 0.25) is 0 Å². The molecule has 4 N–H and O–H groups in total. The maximum Gasteiger partial charge on any atom is 0.255 e. The van der Waals surface area contributed by atoms with Crippen LogP contribution < -0.4 is 11.1 Å². The molecule has 10 heteroatoms. The van der Waals surface area contributed by atoms with E-state index >= 15 is 0 Å². The third-order valence-corrected chi connectivity index (χ3v) is 8.36. The predicted molar refractivity (Wildman–Crippen MR) is 136 cm³/mol. The van der Waals surface area contributed by atoms with Gasteiger partial charge in [-0.25, -0.2) is 8.42 Å². The molecule has 4 rings (SSSR count). The van der Waals surface area contributed by atoms with Gasteiger partial charge in [0.1, 0.15) is 0 Å². The number of benzene rings is 2. The van der Waals surface area contributed by atoms with Gasteiger partial charge in [0, 0.05) is 54.5 Å². The van der Waals surface area contributed by atoms with Crippen molar-refractivity contribution in [2.75, 3.05) is 25.0 Å². The number of carbonyl (C=O) groups is 2. The summed E-state index contributed by atoms with van der Waals surface area (Å²) in [5.41, 5.74) is 8.44. The quantitative estimate of drug-likeness (QED) is 0.448. The summed E-state index contributed by atoms with van der Waals surface area (Å²) in [6.45, 7) is 2.45. The number of amides is 2. The third kappa shape index (κ3) is 5.30. The van der Waals surface area contributed by atoms with E-state index < -0.39 is 21.8 Å². The molecule has 1 aliphatic heterocycles. The standard InChI is InChI=1S/C26H28N4O5S/c1-17-23(20-5-3-9-28-15-20)13-21(14-24(17)25(27)32)29-26(33)19-4-2-6-22(12-19)36(34,35)30-10-7-18(16-31)8-11-30/h2-6,9,12-15,18,31H,7-8,10-11,16H2,1H3,(H2,27,32)(H,29,33). The number of rotatable bonds is 7. The molecule has 188 valence electrons. The van der Waals surface area contributed by atoms with Gasteiger partial charge in [-0.1, -0.05) is 12.1 Å². The highest BCUT2D eigenvalue weighted by molar-refractivity contribution is 7.89. The van der Waals surface area contributed by atoms with Crippen LogP contribution in [0.1, 0.15) is 39.1 Å². The SMILES string of the molecule is Cc1c(C(N)=O)cc(NC(=O)c2cccc(S(=O)(=O)N3CCC(CO)CC3)c2)cc1-c1cccnc1. The van der Waals surface area contributed by atoms with Crippen molar-refractivity contribution in [3.05, 3.63) is 77.6 Å². The molecule has 2 amide bonds. The zero-order valence-electron chi connectivity index (χ0n) is 19.8. The van der Waals surface area contributed by atoms with E-state index in [-0.39, 0.29) is 28.5 Å². The number of aliphatic hydroxyl groups excluding tert-OH is 1. The molecular weight excluding hydrogens is 480 g/mol. The zero-order chi connectivity index (χ0) is 25.9. The number of aromatic nitrogens is 1. The number of piperidine rings is 1.